The third-order valence-electron chi connectivity index (χ3n) is 3.86. The molecule has 0 amide bonds. The summed E-state index contributed by atoms with van der Waals surface area (Å²) in [5.74, 6) is 0. The van der Waals surface area contributed by atoms with E-state index in [9.17, 15) is 0 Å². The van der Waals surface area contributed by atoms with Crippen LogP contribution < -0.4 is 0 Å². The van der Waals surface area contributed by atoms with Crippen LogP contribution in [0.4, 0.5) is 0 Å². The van der Waals surface area contributed by atoms with Gasteiger partial charge in [0.1, 0.15) is 0 Å². The lowest BCUT2D eigenvalue weighted by molar-refractivity contribution is 0.947. The number of hydrogen-bond donors (Lipinski definition) is 0. The van der Waals surface area contributed by atoms with E-state index in [1.807, 2.05) is 0 Å². The monoisotopic (exact) mass is 297 g/mol. The van der Waals surface area contributed by atoms with Crippen molar-refractivity contribution in [2.24, 2.45) is 7.05 Å². The third kappa shape index (κ3) is 1.21. The van der Waals surface area contributed by atoms with Gasteiger partial charge in [-0.25, -0.2) is 0 Å². The minimum absolute atomic E-state index is 1.05. The first-order chi connectivity index (χ1) is 8.75. The summed E-state index contributed by atoms with van der Waals surface area (Å²) >= 11 is 3.57. The predicted molar refractivity (Wildman–Crippen MR) is 80.3 cm³/mol. The Kier molecular flexibility index (Phi) is 2.01. The van der Waals surface area contributed by atoms with Crippen LogP contribution in [-0.2, 0) is 7.05 Å². The Morgan fingerprint density at radius 1 is 1.28 bits per heavy atom. The first-order valence-corrected chi connectivity index (χ1v) is 6.91. The minimum atomic E-state index is 1.05. The maximum atomic E-state index is 3.57. The summed E-state index contributed by atoms with van der Waals surface area (Å²) in [5, 5.41) is 1.34. The summed E-state index contributed by atoms with van der Waals surface area (Å²) in [6, 6.07) is 6.51. The van der Waals surface area contributed by atoms with Crippen LogP contribution in [-0.4, -0.2) is 4.57 Å². The summed E-state index contributed by atoms with van der Waals surface area (Å²) in [5.41, 5.74) is 6.87. The SMILES string of the molecule is Cn1c2c(c3cc(Br)ccc31)C=C1CC=CC=C12. The number of allylic oxidation sites excluding steroid dienone is 5. The van der Waals surface area contributed by atoms with Crippen molar-refractivity contribution in [2.45, 2.75) is 6.42 Å². The van der Waals surface area contributed by atoms with Crippen LogP contribution in [0.2, 0.25) is 0 Å². The molecule has 2 aromatic rings. The molecule has 0 fully saturated rings. The zero-order valence-corrected chi connectivity index (χ0v) is 11.7. The van der Waals surface area contributed by atoms with Crippen LogP contribution in [0.25, 0.3) is 22.6 Å². The van der Waals surface area contributed by atoms with Gasteiger partial charge in [-0.05, 0) is 36.3 Å². The van der Waals surface area contributed by atoms with Crippen LogP contribution in [0, 0.1) is 0 Å². The molecule has 0 atom stereocenters. The number of halogens is 1. The van der Waals surface area contributed by atoms with E-state index in [4.69, 9.17) is 0 Å². The van der Waals surface area contributed by atoms with Gasteiger partial charge in [0.2, 0.25) is 0 Å². The fourth-order valence-corrected chi connectivity index (χ4v) is 3.40. The van der Waals surface area contributed by atoms with E-state index < -0.39 is 0 Å². The van der Waals surface area contributed by atoms with E-state index in [2.05, 4.69) is 70.0 Å². The van der Waals surface area contributed by atoms with E-state index >= 15 is 0 Å². The molecule has 0 saturated carbocycles. The molecule has 2 aliphatic rings. The van der Waals surface area contributed by atoms with Crippen molar-refractivity contribution in [3.05, 3.63) is 57.7 Å². The molecule has 2 aliphatic carbocycles. The average molecular weight is 298 g/mol. The number of hydrogen-bond acceptors (Lipinski definition) is 0. The van der Waals surface area contributed by atoms with Crippen molar-refractivity contribution >= 4 is 38.5 Å². The van der Waals surface area contributed by atoms with Crippen molar-refractivity contribution in [2.75, 3.05) is 0 Å². The quantitative estimate of drug-likeness (QED) is 0.665. The summed E-state index contributed by atoms with van der Waals surface area (Å²) in [4.78, 5) is 0. The molecule has 1 nitrogen and oxygen atoms in total. The van der Waals surface area contributed by atoms with E-state index in [0.717, 1.165) is 10.9 Å². The Bertz CT molecular complexity index is 772. The molecule has 0 aliphatic heterocycles. The second kappa shape index (κ2) is 3.48. The first kappa shape index (κ1) is 10.4. The lowest BCUT2D eigenvalue weighted by atomic mass is 10.0. The molecule has 1 heterocycles. The molecule has 18 heavy (non-hydrogen) atoms. The number of fused-ring (bicyclic) bond motifs is 5. The summed E-state index contributed by atoms with van der Waals surface area (Å²) in [6.07, 6.45) is 10.0. The molecule has 0 bridgehead atoms. The molecule has 88 valence electrons. The van der Waals surface area contributed by atoms with Crippen LogP contribution in [0.3, 0.4) is 0 Å². The maximum absolute atomic E-state index is 3.57. The molecule has 4 rings (SSSR count). The Morgan fingerprint density at radius 2 is 2.17 bits per heavy atom. The normalized spacial score (nSPS) is 16.6. The summed E-state index contributed by atoms with van der Waals surface area (Å²) < 4.78 is 3.45. The second-order valence-corrected chi connectivity index (χ2v) is 5.78. The van der Waals surface area contributed by atoms with Gasteiger partial charge in [0.15, 0.2) is 0 Å². The van der Waals surface area contributed by atoms with Gasteiger partial charge in [0.25, 0.3) is 0 Å². The van der Waals surface area contributed by atoms with Gasteiger partial charge in [-0.15, -0.1) is 0 Å². The van der Waals surface area contributed by atoms with Crippen molar-refractivity contribution in [1.82, 2.24) is 4.57 Å². The molecule has 0 radical (unpaired) electrons. The van der Waals surface area contributed by atoms with E-state index in [1.54, 1.807) is 0 Å². The van der Waals surface area contributed by atoms with Crippen LogP contribution >= 0.6 is 15.9 Å². The number of rotatable bonds is 0. The Hall–Kier alpha value is -1.54. The van der Waals surface area contributed by atoms with Crippen molar-refractivity contribution in [3.63, 3.8) is 0 Å². The Balaban J connectivity index is 2.14. The highest BCUT2D eigenvalue weighted by atomic mass is 79.9. The Labute approximate surface area is 114 Å². The summed E-state index contributed by atoms with van der Waals surface area (Å²) in [6.45, 7) is 0. The smallest absolute Gasteiger partial charge is 0.0565 e. The van der Waals surface area contributed by atoms with E-state index in [-0.39, 0.29) is 0 Å². The fraction of sp³-hybridized carbons (Fsp3) is 0.125. The molecule has 0 saturated heterocycles. The molecular weight excluding hydrogens is 286 g/mol. The molecule has 0 spiro atoms. The zero-order chi connectivity index (χ0) is 12.3. The largest absolute Gasteiger partial charge is 0.343 e. The van der Waals surface area contributed by atoms with Crippen LogP contribution in [0.5, 0.6) is 0 Å². The van der Waals surface area contributed by atoms with E-state index in [0.29, 0.717) is 0 Å². The minimum Gasteiger partial charge on any atom is -0.343 e. The Morgan fingerprint density at radius 3 is 3.06 bits per heavy atom. The van der Waals surface area contributed by atoms with Gasteiger partial charge < -0.3 is 4.57 Å². The number of benzene rings is 1. The molecule has 0 N–H and O–H groups in total. The molecule has 2 heteroatoms. The van der Waals surface area contributed by atoms with Crippen LogP contribution in [0.1, 0.15) is 17.7 Å². The van der Waals surface area contributed by atoms with Crippen LogP contribution in [0.15, 0.2) is 46.5 Å². The summed E-state index contributed by atoms with van der Waals surface area (Å²) in [7, 11) is 2.16. The highest BCUT2D eigenvalue weighted by Gasteiger charge is 2.25. The van der Waals surface area contributed by atoms with Crippen molar-refractivity contribution < 1.29 is 0 Å². The second-order valence-electron chi connectivity index (χ2n) is 4.86. The van der Waals surface area contributed by atoms with Gasteiger partial charge in [-0.2, -0.15) is 0 Å². The highest BCUT2D eigenvalue weighted by molar-refractivity contribution is 9.10. The standard InChI is InChI=1S/C16H12BrN/c1-18-15-7-6-11(17)9-13(15)14-8-10-4-2-3-5-12(10)16(14)18/h2-3,5-9H,4H2,1H3. The lowest BCUT2D eigenvalue weighted by Crippen LogP contribution is -1.96. The molecule has 0 unspecified atom stereocenters. The number of aromatic nitrogens is 1. The van der Waals surface area contributed by atoms with Gasteiger partial charge in [0.05, 0.1) is 5.69 Å². The maximum Gasteiger partial charge on any atom is 0.0565 e. The van der Waals surface area contributed by atoms with Gasteiger partial charge in [0, 0.05) is 33.6 Å². The molecule has 1 aromatic heterocycles. The predicted octanol–water partition coefficient (Wildman–Crippen LogP) is 4.68. The van der Waals surface area contributed by atoms with Gasteiger partial charge in [-0.3, -0.25) is 0 Å². The number of nitrogens with zero attached hydrogens (tertiary/aromatic N) is 1. The zero-order valence-electron chi connectivity index (χ0n) is 10.1. The van der Waals surface area contributed by atoms with Gasteiger partial charge >= 0.3 is 0 Å². The average Bonchev–Trinajstić information content (AvgIpc) is 2.87. The topological polar surface area (TPSA) is 4.93 Å². The first-order valence-electron chi connectivity index (χ1n) is 6.12. The fourth-order valence-electron chi connectivity index (χ4n) is 3.04. The molecule has 1 aromatic carbocycles. The van der Waals surface area contributed by atoms with E-state index in [1.165, 1.54) is 33.3 Å². The van der Waals surface area contributed by atoms with Crippen molar-refractivity contribution in [3.8, 4) is 0 Å². The van der Waals surface area contributed by atoms with Gasteiger partial charge in [-0.1, -0.05) is 34.2 Å². The lowest BCUT2D eigenvalue weighted by Gasteiger charge is -2.10. The molecular formula is C16H12BrN. The van der Waals surface area contributed by atoms with Crippen molar-refractivity contribution in [1.29, 1.82) is 0 Å². The third-order valence-corrected chi connectivity index (χ3v) is 4.35. The highest BCUT2D eigenvalue weighted by Crippen LogP contribution is 2.44. The number of aryl methyl sites for hydroxylation is 1.